The molecule has 6 rings (SSSR count). The third kappa shape index (κ3) is 5.16. The molecule has 2 saturated heterocycles. The summed E-state index contributed by atoms with van der Waals surface area (Å²) in [5.41, 5.74) is 1.42. The van der Waals surface area contributed by atoms with Crippen LogP contribution >= 0.6 is 0 Å². The monoisotopic (exact) mass is 534 g/mol. The van der Waals surface area contributed by atoms with Crippen molar-refractivity contribution in [1.29, 1.82) is 0 Å². The lowest BCUT2D eigenvalue weighted by atomic mass is 9.79. The van der Waals surface area contributed by atoms with E-state index in [1.165, 1.54) is 43.4 Å². The van der Waals surface area contributed by atoms with Crippen molar-refractivity contribution >= 4 is 11.7 Å². The van der Waals surface area contributed by atoms with Crippen LogP contribution < -0.4 is 20.3 Å². The molecular weight excluding hydrogens is 491 g/mol. The topological polar surface area (TPSA) is 56.8 Å². The average molecular weight is 535 g/mol. The van der Waals surface area contributed by atoms with E-state index >= 15 is 0 Å². The van der Waals surface area contributed by atoms with E-state index in [1.807, 2.05) is 17.0 Å². The lowest BCUT2D eigenvalue weighted by Gasteiger charge is -2.50. The molecule has 2 unspecified atom stereocenters. The molecule has 2 saturated carbocycles. The van der Waals surface area contributed by atoms with Gasteiger partial charge in [0.2, 0.25) is 0 Å². The number of likely N-dealkylation sites (tertiary alicyclic amines) is 1. The minimum atomic E-state index is -0.454. The minimum absolute atomic E-state index is 0.128. The van der Waals surface area contributed by atoms with E-state index in [9.17, 15) is 9.18 Å². The predicted molar refractivity (Wildman–Crippen MR) is 152 cm³/mol. The van der Waals surface area contributed by atoms with Gasteiger partial charge in [-0.3, -0.25) is 15.1 Å². The van der Waals surface area contributed by atoms with Gasteiger partial charge in [0.1, 0.15) is 17.7 Å². The minimum Gasteiger partial charge on any atom is -0.491 e. The number of hydrogen-bond donors (Lipinski definition) is 2. The summed E-state index contributed by atoms with van der Waals surface area (Å²) in [5, 5.41) is 7.23. The number of carbonyl (C=O) groups is 1. The predicted octanol–water partition coefficient (Wildman–Crippen LogP) is 6.06. The lowest BCUT2D eigenvalue weighted by Crippen LogP contribution is -2.65. The van der Waals surface area contributed by atoms with Crippen LogP contribution in [0, 0.1) is 17.7 Å². The average Bonchev–Trinajstić information content (AvgIpc) is 3.60. The first-order chi connectivity index (χ1) is 18.8. The highest BCUT2D eigenvalue weighted by Crippen LogP contribution is 2.47. The van der Waals surface area contributed by atoms with Crippen molar-refractivity contribution in [2.24, 2.45) is 11.8 Å². The van der Waals surface area contributed by atoms with Gasteiger partial charge in [-0.25, -0.2) is 9.18 Å². The van der Waals surface area contributed by atoms with Gasteiger partial charge in [0.15, 0.2) is 0 Å². The molecule has 39 heavy (non-hydrogen) atoms. The molecule has 0 aromatic heterocycles. The molecule has 1 spiro atoms. The molecule has 2 aliphatic heterocycles. The van der Waals surface area contributed by atoms with Crippen molar-refractivity contribution in [3.05, 3.63) is 59.9 Å². The van der Waals surface area contributed by atoms with Crippen molar-refractivity contribution in [2.45, 2.75) is 102 Å². The molecule has 2 amide bonds. The van der Waals surface area contributed by atoms with Gasteiger partial charge in [-0.1, -0.05) is 31.5 Å². The van der Waals surface area contributed by atoms with Gasteiger partial charge in [0.25, 0.3) is 0 Å². The van der Waals surface area contributed by atoms with Crippen LogP contribution in [0.25, 0.3) is 0 Å². The number of carbonyl (C=O) groups excluding carboxylic acids is 1. The summed E-state index contributed by atoms with van der Waals surface area (Å²) in [6, 6.07) is 15.5. The van der Waals surface area contributed by atoms with Gasteiger partial charge in [-0.15, -0.1) is 0 Å². The maximum Gasteiger partial charge on any atom is 0.323 e. The highest BCUT2D eigenvalue weighted by Gasteiger charge is 2.57. The summed E-state index contributed by atoms with van der Waals surface area (Å²) >= 11 is 0. The molecule has 210 valence electrons. The van der Waals surface area contributed by atoms with Crippen LogP contribution in [0.3, 0.4) is 0 Å². The Labute approximate surface area is 232 Å². The van der Waals surface area contributed by atoms with Crippen LogP contribution in [0.1, 0.15) is 71.3 Å². The zero-order valence-electron chi connectivity index (χ0n) is 23.5. The number of hydrogen-bond acceptors (Lipinski definition) is 4. The number of nitrogens with zero attached hydrogens (tertiary/aromatic N) is 2. The number of piperidine rings is 1. The van der Waals surface area contributed by atoms with Crippen LogP contribution in [-0.2, 0) is 6.54 Å². The molecule has 2 N–H and O–H groups in total. The Kier molecular flexibility index (Phi) is 7.32. The summed E-state index contributed by atoms with van der Waals surface area (Å²) in [5.74, 6) is 2.13. The number of halogens is 1. The van der Waals surface area contributed by atoms with Crippen LogP contribution in [0.2, 0.25) is 0 Å². The molecule has 0 radical (unpaired) electrons. The Bertz CT molecular complexity index is 1190. The maximum absolute atomic E-state index is 14.4. The first-order valence-electron chi connectivity index (χ1n) is 15.0. The highest BCUT2D eigenvalue weighted by molar-refractivity contribution is 5.96. The van der Waals surface area contributed by atoms with E-state index < -0.39 is 5.54 Å². The standard InChI is InChI=1S/C32H43FN4O2/c1-4-22(3)39-28-10-5-7-24(16-28)20-36-14-13-32(19-21(36)2)30(34-29-17-23-11-12-25(29)15-23)35-31(38)37(32)27-9-6-8-26(33)18-27/h5-10,16,18,21-23,25,29-30,34H,4,11-15,17,19-20H2,1-3H3,(H,35,38)/t21-,22+,23+,25+,29?,30?,32+/m0/s1. The van der Waals surface area contributed by atoms with Crippen LogP contribution in [0.15, 0.2) is 48.5 Å². The molecule has 2 aliphatic carbocycles. The van der Waals surface area contributed by atoms with E-state index in [4.69, 9.17) is 4.74 Å². The number of benzene rings is 2. The number of anilines is 1. The summed E-state index contributed by atoms with van der Waals surface area (Å²) in [6.07, 6.45) is 7.76. The number of ether oxygens (including phenoxy) is 1. The fourth-order valence-corrected chi connectivity index (χ4v) is 7.77. The van der Waals surface area contributed by atoms with Crippen molar-refractivity contribution in [3.8, 4) is 5.75 Å². The second-order valence-electron chi connectivity index (χ2n) is 12.5. The first-order valence-corrected chi connectivity index (χ1v) is 15.0. The van der Waals surface area contributed by atoms with Crippen molar-refractivity contribution in [1.82, 2.24) is 15.5 Å². The fourth-order valence-electron chi connectivity index (χ4n) is 7.77. The molecule has 4 fully saturated rings. The second kappa shape index (κ2) is 10.7. The van der Waals surface area contributed by atoms with Crippen LogP contribution in [0.5, 0.6) is 5.75 Å². The summed E-state index contributed by atoms with van der Waals surface area (Å²) < 4.78 is 20.4. The summed E-state index contributed by atoms with van der Waals surface area (Å²) in [4.78, 5) is 17.9. The number of nitrogens with one attached hydrogen (secondary N) is 2. The van der Waals surface area contributed by atoms with Gasteiger partial charge in [-0.05, 0) is 100 Å². The largest absolute Gasteiger partial charge is 0.491 e. The molecular formula is C32H43FN4O2. The molecule has 2 aromatic carbocycles. The zero-order chi connectivity index (χ0) is 27.1. The van der Waals surface area contributed by atoms with Gasteiger partial charge in [0.05, 0.1) is 11.6 Å². The summed E-state index contributed by atoms with van der Waals surface area (Å²) in [7, 11) is 0. The molecule has 2 heterocycles. The Morgan fingerprint density at radius 1 is 1.18 bits per heavy atom. The normalized spacial score (nSPS) is 33.1. The van der Waals surface area contributed by atoms with Crippen molar-refractivity contribution in [2.75, 3.05) is 11.4 Å². The van der Waals surface area contributed by atoms with Crippen molar-refractivity contribution in [3.63, 3.8) is 0 Å². The van der Waals surface area contributed by atoms with Gasteiger partial charge in [-0.2, -0.15) is 0 Å². The number of amides is 2. The Hall–Kier alpha value is -2.64. The lowest BCUT2D eigenvalue weighted by molar-refractivity contribution is 0.0789. The smallest absolute Gasteiger partial charge is 0.323 e. The molecule has 7 heteroatoms. The van der Waals surface area contributed by atoms with Crippen molar-refractivity contribution < 1.29 is 13.9 Å². The molecule has 6 nitrogen and oxygen atoms in total. The van der Waals surface area contributed by atoms with Gasteiger partial charge in [0, 0.05) is 30.9 Å². The SMILES string of the molecule is CC[C@@H](C)Oc1cccc(CN2CC[C@@]3(C[C@@H]2C)C(NC2C[C@@H]4CC[C@@H]2C4)NC(=O)N3c2cccc(F)c2)c1. The highest BCUT2D eigenvalue weighted by atomic mass is 19.1. The van der Waals surface area contributed by atoms with Gasteiger partial charge < -0.3 is 10.1 Å². The van der Waals surface area contributed by atoms with E-state index in [0.717, 1.165) is 44.0 Å². The summed E-state index contributed by atoms with van der Waals surface area (Å²) in [6.45, 7) is 8.19. The molecule has 2 bridgehead atoms. The van der Waals surface area contributed by atoms with E-state index in [1.54, 1.807) is 6.07 Å². The third-order valence-corrected chi connectivity index (χ3v) is 9.94. The van der Waals surface area contributed by atoms with E-state index in [2.05, 4.69) is 54.5 Å². The maximum atomic E-state index is 14.4. The Morgan fingerprint density at radius 3 is 2.74 bits per heavy atom. The van der Waals surface area contributed by atoms with E-state index in [0.29, 0.717) is 17.6 Å². The number of urea groups is 1. The first kappa shape index (κ1) is 26.6. The van der Waals surface area contributed by atoms with Crippen LogP contribution in [-0.4, -0.2) is 47.4 Å². The molecule has 4 aliphatic rings. The van der Waals surface area contributed by atoms with E-state index in [-0.39, 0.29) is 30.2 Å². The number of fused-ring (bicyclic) bond motifs is 2. The van der Waals surface area contributed by atoms with Crippen LogP contribution in [0.4, 0.5) is 14.9 Å². The Balaban J connectivity index is 1.24. The van der Waals surface area contributed by atoms with Gasteiger partial charge >= 0.3 is 6.03 Å². The number of rotatable bonds is 8. The fraction of sp³-hybridized carbons (Fsp3) is 0.594. The second-order valence-corrected chi connectivity index (χ2v) is 12.5. The molecule has 2 aromatic rings. The molecule has 7 atom stereocenters. The third-order valence-electron chi connectivity index (χ3n) is 9.94. The zero-order valence-corrected chi connectivity index (χ0v) is 23.5. The Morgan fingerprint density at radius 2 is 2.03 bits per heavy atom. The quantitative estimate of drug-likeness (QED) is 0.432.